The molecule has 0 aliphatic heterocycles. The van der Waals surface area contributed by atoms with Crippen molar-refractivity contribution in [1.82, 2.24) is 0 Å². The fraction of sp³-hybridized carbons (Fsp3) is 0.733. The largest absolute Gasteiger partial charge is 0.481 e. The average molecular weight is 494 g/mol. The number of hydrogen-bond acceptors (Lipinski definition) is 5. The highest BCUT2D eigenvalue weighted by atomic mass is 16.4. The first-order chi connectivity index (χ1) is 16.5. The maximum Gasteiger partial charge on any atom is 0.309 e. The molecule has 5 aliphatic carbocycles. The summed E-state index contributed by atoms with van der Waals surface area (Å²) < 4.78 is 0. The summed E-state index contributed by atoms with van der Waals surface area (Å²) in [6.07, 6.45) is 8.09. The molecule has 0 aromatic rings. The minimum absolute atomic E-state index is 0.0243. The summed E-state index contributed by atoms with van der Waals surface area (Å²) in [5, 5.41) is 31.5. The lowest BCUT2D eigenvalue weighted by Crippen LogP contribution is -2.66. The third-order valence-corrected chi connectivity index (χ3v) is 12.0. The summed E-state index contributed by atoms with van der Waals surface area (Å²) in [5.74, 6) is -2.39. The van der Waals surface area contributed by atoms with Gasteiger partial charge in [-0.3, -0.25) is 14.4 Å². The molecule has 3 fully saturated rings. The molecule has 3 saturated carbocycles. The average Bonchev–Trinajstić information content (AvgIpc) is 2.77. The Labute approximate surface area is 213 Å². The Bertz CT molecular complexity index is 1190. The van der Waals surface area contributed by atoms with Gasteiger partial charge in [0.05, 0.1) is 11.0 Å². The minimum Gasteiger partial charge on any atom is -0.481 e. The molecule has 0 amide bonds. The van der Waals surface area contributed by atoms with E-state index in [0.29, 0.717) is 38.5 Å². The number of hydrogen-bond donors (Lipinski definition) is 2. The van der Waals surface area contributed by atoms with Crippen molar-refractivity contribution in [3.05, 3.63) is 23.3 Å². The second-order valence-corrected chi connectivity index (χ2v) is 14.1. The Morgan fingerprint density at radius 3 is 2.28 bits per heavy atom. The molecule has 0 unspecified atom stereocenters. The van der Waals surface area contributed by atoms with Crippen LogP contribution in [0.2, 0.25) is 0 Å². The van der Waals surface area contributed by atoms with Crippen molar-refractivity contribution in [3.63, 3.8) is 0 Å². The number of carboxylic acids is 1. The van der Waals surface area contributed by atoms with E-state index in [1.54, 1.807) is 12.2 Å². The van der Waals surface area contributed by atoms with E-state index < -0.39 is 44.9 Å². The number of allylic oxidation sites excluding steroid dienone is 3. The molecular formula is C30H39NO5. The van der Waals surface area contributed by atoms with Gasteiger partial charge in [-0.2, -0.15) is 5.26 Å². The third-order valence-electron chi connectivity index (χ3n) is 12.0. The van der Waals surface area contributed by atoms with Crippen LogP contribution in [0.3, 0.4) is 0 Å². The predicted molar refractivity (Wildman–Crippen MR) is 133 cm³/mol. The summed E-state index contributed by atoms with van der Waals surface area (Å²) in [6.45, 7) is 12.2. The Hall–Kier alpha value is -2.26. The zero-order valence-corrected chi connectivity index (χ0v) is 22.4. The van der Waals surface area contributed by atoms with Crippen LogP contribution in [0.4, 0.5) is 0 Å². The lowest BCUT2D eigenvalue weighted by atomic mass is 9.34. The molecule has 2 N–H and O–H groups in total. The Morgan fingerprint density at radius 2 is 1.67 bits per heavy atom. The van der Waals surface area contributed by atoms with Crippen molar-refractivity contribution in [2.75, 3.05) is 0 Å². The molecule has 5 rings (SSSR count). The highest BCUT2D eigenvalue weighted by molar-refractivity contribution is 6.06. The van der Waals surface area contributed by atoms with Crippen LogP contribution in [-0.2, 0) is 14.4 Å². The number of ketones is 2. The number of carbonyl (C=O) groups excluding carboxylic acids is 2. The van der Waals surface area contributed by atoms with Gasteiger partial charge < -0.3 is 10.2 Å². The molecule has 0 aromatic carbocycles. The molecule has 5 aliphatic rings. The molecule has 0 bridgehead atoms. The summed E-state index contributed by atoms with van der Waals surface area (Å²) in [7, 11) is 0. The van der Waals surface area contributed by atoms with E-state index in [2.05, 4.69) is 27.7 Å². The van der Waals surface area contributed by atoms with E-state index in [0.717, 1.165) is 12.0 Å². The highest BCUT2D eigenvalue weighted by Crippen LogP contribution is 2.74. The van der Waals surface area contributed by atoms with Crippen molar-refractivity contribution < 1.29 is 24.6 Å². The lowest BCUT2D eigenvalue weighted by Gasteiger charge is -2.68. The van der Waals surface area contributed by atoms with Crippen molar-refractivity contribution in [3.8, 4) is 6.07 Å². The van der Waals surface area contributed by atoms with Crippen LogP contribution in [-0.4, -0.2) is 33.3 Å². The molecule has 0 spiro atoms. The van der Waals surface area contributed by atoms with Gasteiger partial charge in [0, 0.05) is 17.3 Å². The van der Waals surface area contributed by atoms with Crippen LogP contribution >= 0.6 is 0 Å². The van der Waals surface area contributed by atoms with Crippen LogP contribution in [0.1, 0.15) is 86.5 Å². The molecule has 8 atom stereocenters. The number of aliphatic hydroxyl groups is 1. The van der Waals surface area contributed by atoms with Crippen molar-refractivity contribution in [1.29, 1.82) is 5.26 Å². The number of rotatable bonds is 1. The van der Waals surface area contributed by atoms with E-state index in [1.807, 2.05) is 13.0 Å². The van der Waals surface area contributed by atoms with Gasteiger partial charge in [-0.1, -0.05) is 46.3 Å². The van der Waals surface area contributed by atoms with Gasteiger partial charge in [-0.15, -0.1) is 0 Å². The number of aliphatic carboxylic acids is 1. The number of fused-ring (bicyclic) bond motifs is 7. The van der Waals surface area contributed by atoms with Crippen LogP contribution in [0, 0.1) is 56.2 Å². The van der Waals surface area contributed by atoms with E-state index in [9.17, 15) is 29.9 Å². The Morgan fingerprint density at radius 1 is 1.03 bits per heavy atom. The number of carbonyl (C=O) groups is 3. The van der Waals surface area contributed by atoms with Gasteiger partial charge in [0.1, 0.15) is 11.7 Å². The first-order valence-electron chi connectivity index (χ1n) is 13.4. The van der Waals surface area contributed by atoms with Crippen LogP contribution < -0.4 is 0 Å². The molecule has 6 nitrogen and oxygen atoms in total. The number of Topliss-reactive ketones (excluding diaryl/α,β-unsaturated/α-hetero) is 1. The molecule has 36 heavy (non-hydrogen) atoms. The Balaban J connectivity index is 1.71. The summed E-state index contributed by atoms with van der Waals surface area (Å²) in [4.78, 5) is 39.8. The zero-order chi connectivity index (χ0) is 26.7. The number of carboxylic acid groups (broad SMARTS) is 1. The fourth-order valence-electron chi connectivity index (χ4n) is 9.69. The SMILES string of the molecule is CC1(C)CC[C@]2(C(=O)O)CC[C@]3(C)[C@H](C(=O)C=C4[C@@]5(C)C=C(C#N)C(=O)[C@](C)(O)[C@@H]5CC[C@]43C)[C@@H]2C1. The second kappa shape index (κ2) is 7.19. The summed E-state index contributed by atoms with van der Waals surface area (Å²) in [5.41, 5.74) is -3.41. The number of nitrogens with zero attached hydrogens (tertiary/aromatic N) is 1. The summed E-state index contributed by atoms with van der Waals surface area (Å²) >= 11 is 0. The second-order valence-electron chi connectivity index (χ2n) is 14.1. The van der Waals surface area contributed by atoms with Crippen LogP contribution in [0.25, 0.3) is 0 Å². The van der Waals surface area contributed by atoms with Crippen LogP contribution in [0.15, 0.2) is 23.3 Å². The maximum atomic E-state index is 14.2. The normalized spacial score (nSPS) is 49.3. The zero-order valence-electron chi connectivity index (χ0n) is 22.4. The maximum absolute atomic E-state index is 14.2. The van der Waals surface area contributed by atoms with Crippen LogP contribution in [0.5, 0.6) is 0 Å². The van der Waals surface area contributed by atoms with E-state index in [1.165, 1.54) is 6.92 Å². The first kappa shape index (κ1) is 25.4. The lowest BCUT2D eigenvalue weighted by molar-refractivity contribution is -0.190. The summed E-state index contributed by atoms with van der Waals surface area (Å²) in [6, 6.07) is 1.99. The molecule has 0 saturated heterocycles. The van der Waals surface area contributed by atoms with E-state index in [4.69, 9.17) is 0 Å². The Kier molecular flexibility index (Phi) is 5.07. The van der Waals surface area contributed by atoms with E-state index in [-0.39, 0.29) is 28.6 Å². The molecule has 6 heteroatoms. The quantitative estimate of drug-likeness (QED) is 0.530. The molecule has 0 heterocycles. The third kappa shape index (κ3) is 2.84. The number of nitriles is 1. The standard InChI is InChI=1S/C30H39NO5/c1-25(2)9-11-30(24(34)35)12-10-28(5)22(18(30)15-25)19(32)13-21-26(3)14-17(16-31)23(33)29(6,36)20(26)7-8-27(21,28)4/h13-14,18,20,22,36H,7-12,15H2,1-6H3,(H,34,35)/t18-,20+,22-,26-,27+,28+,29+,30-/m0/s1. The van der Waals surface area contributed by atoms with Gasteiger partial charge in [0.25, 0.3) is 0 Å². The predicted octanol–water partition coefficient (Wildman–Crippen LogP) is 5.02. The van der Waals surface area contributed by atoms with Gasteiger partial charge in [-0.25, -0.2) is 0 Å². The minimum atomic E-state index is -1.68. The molecule has 0 aromatic heterocycles. The first-order valence-corrected chi connectivity index (χ1v) is 13.4. The van der Waals surface area contributed by atoms with Gasteiger partial charge in [-0.05, 0) is 80.1 Å². The van der Waals surface area contributed by atoms with Gasteiger partial charge in [0.2, 0.25) is 5.78 Å². The topological polar surface area (TPSA) is 115 Å². The van der Waals surface area contributed by atoms with Gasteiger partial charge >= 0.3 is 5.97 Å². The fourth-order valence-corrected chi connectivity index (χ4v) is 9.69. The molecule has 0 radical (unpaired) electrons. The van der Waals surface area contributed by atoms with Crippen molar-refractivity contribution in [2.24, 2.45) is 44.8 Å². The molecule has 194 valence electrons. The smallest absolute Gasteiger partial charge is 0.309 e. The monoisotopic (exact) mass is 493 g/mol. The van der Waals surface area contributed by atoms with Gasteiger partial charge in [0.15, 0.2) is 5.78 Å². The highest BCUT2D eigenvalue weighted by Gasteiger charge is 2.71. The molecular weight excluding hydrogens is 454 g/mol. The van der Waals surface area contributed by atoms with Crippen molar-refractivity contribution in [2.45, 2.75) is 92.1 Å². The van der Waals surface area contributed by atoms with Crippen molar-refractivity contribution >= 4 is 17.5 Å². The van der Waals surface area contributed by atoms with E-state index >= 15 is 0 Å².